The van der Waals surface area contributed by atoms with Gasteiger partial charge in [0.15, 0.2) is 11.5 Å². The molecule has 0 unspecified atom stereocenters. The molecule has 2 aromatic rings. The van der Waals surface area contributed by atoms with Crippen molar-refractivity contribution < 1.29 is 19.1 Å². The lowest BCUT2D eigenvalue weighted by Gasteiger charge is -2.37. The van der Waals surface area contributed by atoms with Gasteiger partial charge in [0.2, 0.25) is 5.91 Å². The van der Waals surface area contributed by atoms with E-state index in [4.69, 9.17) is 9.47 Å². The summed E-state index contributed by atoms with van der Waals surface area (Å²) in [5.41, 5.74) is 1.13. The number of rotatable bonds is 10. The summed E-state index contributed by atoms with van der Waals surface area (Å²) in [6, 6.07) is 9.20. The summed E-state index contributed by atoms with van der Waals surface area (Å²) in [6.45, 7) is 6.16. The highest BCUT2D eigenvalue weighted by Gasteiger charge is 2.33. The second-order valence-electron chi connectivity index (χ2n) is 7.77. The van der Waals surface area contributed by atoms with E-state index in [1.54, 1.807) is 23.3 Å². The molecule has 1 atom stereocenters. The van der Waals surface area contributed by atoms with E-state index >= 15 is 0 Å². The van der Waals surface area contributed by atoms with Crippen LogP contribution in [0, 0.1) is 0 Å². The molecule has 0 bridgehead atoms. The van der Waals surface area contributed by atoms with E-state index in [0.717, 1.165) is 24.8 Å². The van der Waals surface area contributed by atoms with Crippen LogP contribution in [0.25, 0.3) is 0 Å². The van der Waals surface area contributed by atoms with Crippen molar-refractivity contribution >= 4 is 23.3 Å². The van der Waals surface area contributed by atoms with E-state index in [1.165, 1.54) is 4.88 Å². The Balaban J connectivity index is 1.75. The second kappa shape index (κ2) is 11.8. The Kier molecular flexibility index (Phi) is 8.79. The van der Waals surface area contributed by atoms with Gasteiger partial charge in [0.1, 0.15) is 13.2 Å². The van der Waals surface area contributed by atoms with Gasteiger partial charge in [0.25, 0.3) is 0 Å². The van der Waals surface area contributed by atoms with Gasteiger partial charge in [-0.05, 0) is 48.4 Å². The van der Waals surface area contributed by atoms with Gasteiger partial charge in [0.05, 0.1) is 13.2 Å². The first-order chi connectivity index (χ1) is 15.6. The van der Waals surface area contributed by atoms with Gasteiger partial charge in [-0.3, -0.25) is 4.79 Å². The number of ether oxygens (including phenoxy) is 2. The first-order valence-corrected chi connectivity index (χ1v) is 12.1. The number of nitrogens with zero attached hydrogens (tertiary/aromatic N) is 2. The first-order valence-electron chi connectivity index (χ1n) is 11.2. The van der Waals surface area contributed by atoms with E-state index in [2.05, 4.69) is 16.8 Å². The van der Waals surface area contributed by atoms with Crippen molar-refractivity contribution in [3.05, 3.63) is 46.2 Å². The first kappa shape index (κ1) is 23.9. The molecule has 1 aromatic heterocycles. The molecule has 0 saturated carbocycles. The van der Waals surface area contributed by atoms with Crippen molar-refractivity contribution in [3.63, 3.8) is 0 Å². The maximum Gasteiger partial charge on any atom is 0.317 e. The zero-order chi connectivity index (χ0) is 22.9. The monoisotopic (exact) mass is 459 g/mol. The summed E-state index contributed by atoms with van der Waals surface area (Å²) >= 11 is 1.72. The van der Waals surface area contributed by atoms with Crippen LogP contribution >= 0.6 is 11.3 Å². The van der Waals surface area contributed by atoms with Gasteiger partial charge in [-0.15, -0.1) is 11.3 Å². The molecule has 8 heteroatoms. The molecule has 1 N–H and O–H groups in total. The molecular formula is C24H33N3O4S. The maximum absolute atomic E-state index is 13.4. The number of hydrogen-bond donors (Lipinski definition) is 1. The molecule has 1 aliphatic heterocycles. The summed E-state index contributed by atoms with van der Waals surface area (Å²) in [5.74, 6) is 1.25. The molecule has 174 valence electrons. The largest absolute Gasteiger partial charge is 0.493 e. The Bertz CT molecular complexity index is 901. The zero-order valence-electron chi connectivity index (χ0n) is 19.1. The SMILES string of the molecule is CCCNC(=O)N(CCC)CC(=O)N1CCc2sccc2[C@H]1COc1ccccc1OC. The van der Waals surface area contributed by atoms with Crippen LogP contribution in [0.3, 0.4) is 0 Å². The predicted octanol–water partition coefficient (Wildman–Crippen LogP) is 4.09. The standard InChI is InChI=1S/C24H33N3O4S/c1-4-12-25-24(29)26(13-5-2)16-23(28)27-14-10-22-18(11-15-32-22)19(27)17-31-21-9-7-6-8-20(21)30-3/h6-9,11,15,19H,4-5,10,12-14,16-17H2,1-3H3,(H,25,29)/t19-/m1/s1. The molecule has 0 fully saturated rings. The lowest BCUT2D eigenvalue weighted by molar-refractivity contribution is -0.135. The van der Waals surface area contributed by atoms with E-state index in [9.17, 15) is 9.59 Å². The topological polar surface area (TPSA) is 71.1 Å². The van der Waals surface area contributed by atoms with Gasteiger partial charge in [-0.1, -0.05) is 26.0 Å². The Morgan fingerprint density at radius 3 is 2.69 bits per heavy atom. The number of para-hydroxylation sites is 2. The Labute approximate surface area is 194 Å². The van der Waals surface area contributed by atoms with Crippen LogP contribution in [-0.2, 0) is 11.2 Å². The number of urea groups is 1. The number of hydrogen-bond acceptors (Lipinski definition) is 5. The second-order valence-corrected chi connectivity index (χ2v) is 8.77. The van der Waals surface area contributed by atoms with Crippen molar-refractivity contribution in [2.45, 2.75) is 39.2 Å². The van der Waals surface area contributed by atoms with Crippen LogP contribution in [0.1, 0.15) is 43.2 Å². The van der Waals surface area contributed by atoms with Gasteiger partial charge in [-0.25, -0.2) is 4.79 Å². The summed E-state index contributed by atoms with van der Waals surface area (Å²) in [5, 5.41) is 4.95. The van der Waals surface area contributed by atoms with Gasteiger partial charge < -0.3 is 24.6 Å². The highest BCUT2D eigenvalue weighted by molar-refractivity contribution is 7.10. The molecule has 0 saturated heterocycles. The minimum Gasteiger partial charge on any atom is -0.493 e. The summed E-state index contributed by atoms with van der Waals surface area (Å²) in [4.78, 5) is 30.7. The van der Waals surface area contributed by atoms with Crippen molar-refractivity contribution in [1.29, 1.82) is 0 Å². The molecule has 32 heavy (non-hydrogen) atoms. The van der Waals surface area contributed by atoms with Crippen molar-refractivity contribution in [1.82, 2.24) is 15.1 Å². The molecule has 0 aliphatic carbocycles. The number of carbonyl (C=O) groups excluding carboxylic acids is 2. The van der Waals surface area contributed by atoms with Gasteiger partial charge >= 0.3 is 6.03 Å². The summed E-state index contributed by atoms with van der Waals surface area (Å²) in [6.07, 6.45) is 2.47. The van der Waals surface area contributed by atoms with Crippen LogP contribution in [0.2, 0.25) is 0 Å². The van der Waals surface area contributed by atoms with Gasteiger partial charge in [0, 0.05) is 24.5 Å². The van der Waals surface area contributed by atoms with Crippen molar-refractivity contribution in [2.24, 2.45) is 0 Å². The lowest BCUT2D eigenvalue weighted by Crippen LogP contribution is -2.50. The van der Waals surface area contributed by atoms with Crippen LogP contribution in [0.15, 0.2) is 35.7 Å². The van der Waals surface area contributed by atoms with E-state index < -0.39 is 0 Å². The molecule has 3 rings (SSSR count). The van der Waals surface area contributed by atoms with Crippen molar-refractivity contribution in [2.75, 3.05) is 39.9 Å². The fourth-order valence-electron chi connectivity index (χ4n) is 3.90. The fourth-order valence-corrected chi connectivity index (χ4v) is 4.83. The Morgan fingerprint density at radius 2 is 1.97 bits per heavy atom. The van der Waals surface area contributed by atoms with Crippen molar-refractivity contribution in [3.8, 4) is 11.5 Å². The Hall–Kier alpha value is -2.74. The minimum absolute atomic E-state index is 0.0597. The molecule has 1 aliphatic rings. The third-order valence-electron chi connectivity index (χ3n) is 5.51. The van der Waals surface area contributed by atoms with Gasteiger partial charge in [-0.2, -0.15) is 0 Å². The summed E-state index contributed by atoms with van der Waals surface area (Å²) in [7, 11) is 1.61. The van der Waals surface area contributed by atoms with E-state index in [1.807, 2.05) is 43.0 Å². The van der Waals surface area contributed by atoms with Crippen LogP contribution in [0.5, 0.6) is 11.5 Å². The van der Waals surface area contributed by atoms with Crippen LogP contribution in [0.4, 0.5) is 4.79 Å². The molecule has 0 radical (unpaired) electrons. The normalized spacial score (nSPS) is 15.1. The quantitative estimate of drug-likeness (QED) is 0.581. The third kappa shape index (κ3) is 5.73. The van der Waals surface area contributed by atoms with Crippen LogP contribution in [-0.4, -0.2) is 61.6 Å². The number of nitrogens with one attached hydrogen (secondary N) is 1. The molecule has 1 aromatic carbocycles. The number of benzene rings is 1. The lowest BCUT2D eigenvalue weighted by atomic mass is 10.0. The number of fused-ring (bicyclic) bond motifs is 1. The highest BCUT2D eigenvalue weighted by Crippen LogP contribution is 2.35. The smallest absolute Gasteiger partial charge is 0.317 e. The molecule has 3 amide bonds. The highest BCUT2D eigenvalue weighted by atomic mass is 32.1. The molecule has 7 nitrogen and oxygen atoms in total. The third-order valence-corrected chi connectivity index (χ3v) is 6.51. The van der Waals surface area contributed by atoms with E-state index in [0.29, 0.717) is 37.7 Å². The number of carbonyl (C=O) groups is 2. The molecule has 0 spiro atoms. The zero-order valence-corrected chi connectivity index (χ0v) is 20.0. The Morgan fingerprint density at radius 1 is 1.19 bits per heavy atom. The fraction of sp³-hybridized carbons (Fsp3) is 0.500. The summed E-state index contributed by atoms with van der Waals surface area (Å²) < 4.78 is 11.5. The predicted molar refractivity (Wildman–Crippen MR) is 127 cm³/mol. The maximum atomic E-state index is 13.4. The average molecular weight is 460 g/mol. The number of amides is 3. The van der Waals surface area contributed by atoms with E-state index in [-0.39, 0.29) is 24.5 Å². The molecule has 2 heterocycles. The average Bonchev–Trinajstić information content (AvgIpc) is 3.30. The van der Waals surface area contributed by atoms with Crippen LogP contribution < -0.4 is 14.8 Å². The number of thiophene rings is 1. The number of methoxy groups -OCH3 is 1. The minimum atomic E-state index is -0.204. The molecular weight excluding hydrogens is 426 g/mol.